The zero-order chi connectivity index (χ0) is 21.5. The van der Waals surface area contributed by atoms with Crippen LogP contribution in [0, 0.1) is 0 Å². The van der Waals surface area contributed by atoms with E-state index in [0.29, 0.717) is 12.1 Å². The van der Waals surface area contributed by atoms with Crippen LogP contribution >= 0.6 is 0 Å². The third kappa shape index (κ3) is 4.87. The van der Waals surface area contributed by atoms with Crippen LogP contribution in [0.3, 0.4) is 0 Å². The number of benzene rings is 3. The van der Waals surface area contributed by atoms with Gasteiger partial charge >= 0.3 is 0 Å². The van der Waals surface area contributed by atoms with Crippen LogP contribution in [0.4, 0.5) is 0 Å². The number of aromatic nitrogens is 1. The number of oxime groups is 1. The van der Waals surface area contributed by atoms with E-state index in [1.165, 1.54) is 0 Å². The molecule has 4 heteroatoms. The number of pyridine rings is 1. The van der Waals surface area contributed by atoms with Gasteiger partial charge in [0.15, 0.2) is 0 Å². The highest BCUT2D eigenvalue weighted by atomic mass is 16.4. The Balaban J connectivity index is 1.65. The van der Waals surface area contributed by atoms with Gasteiger partial charge in [-0.15, -0.1) is 0 Å². The van der Waals surface area contributed by atoms with Crippen molar-refractivity contribution in [1.29, 1.82) is 0 Å². The molecule has 0 spiro atoms. The molecule has 1 aromatic heterocycles. The van der Waals surface area contributed by atoms with E-state index in [1.54, 1.807) is 12.4 Å². The van der Waals surface area contributed by atoms with Crippen LogP contribution in [0.15, 0.2) is 109 Å². The summed E-state index contributed by atoms with van der Waals surface area (Å²) >= 11 is 0. The van der Waals surface area contributed by atoms with E-state index in [2.05, 4.69) is 46.5 Å². The molecule has 2 N–H and O–H groups in total. The minimum absolute atomic E-state index is 0.0458. The normalized spacial score (nSPS) is 12.5. The Morgan fingerprint density at radius 2 is 1.32 bits per heavy atom. The van der Waals surface area contributed by atoms with E-state index in [-0.39, 0.29) is 12.5 Å². The summed E-state index contributed by atoms with van der Waals surface area (Å²) < 4.78 is 0. The molecule has 0 aliphatic carbocycles. The Bertz CT molecular complexity index is 1120. The smallest absolute Gasteiger partial charge is 0.0878 e. The van der Waals surface area contributed by atoms with Crippen LogP contribution in [0.1, 0.15) is 34.6 Å². The number of aliphatic hydroxyl groups is 1. The number of hydrogen-bond donors (Lipinski definition) is 2. The second kappa shape index (κ2) is 9.83. The van der Waals surface area contributed by atoms with Gasteiger partial charge in [0.05, 0.1) is 12.3 Å². The molecule has 4 aromatic rings. The van der Waals surface area contributed by atoms with Crippen LogP contribution in [-0.2, 0) is 6.61 Å². The van der Waals surface area contributed by atoms with Crippen molar-refractivity contribution in [2.75, 3.05) is 0 Å². The summed E-state index contributed by atoms with van der Waals surface area (Å²) in [4.78, 5) is 4.06. The zero-order valence-corrected chi connectivity index (χ0v) is 17.1. The standard InChI is InChI=1S/C27H24N2O2/c30-19-20-6-8-21(9-7-20)22-10-12-24(13-11-22)26(23-4-2-1-3-5-23)18-27(29-31)25-14-16-28-17-15-25/h1-17,26,30-31H,18-19H2. The van der Waals surface area contributed by atoms with Crippen LogP contribution in [0.25, 0.3) is 11.1 Å². The molecule has 154 valence electrons. The minimum Gasteiger partial charge on any atom is -0.411 e. The maximum atomic E-state index is 9.71. The van der Waals surface area contributed by atoms with Crippen LogP contribution in [0.5, 0.6) is 0 Å². The highest BCUT2D eigenvalue weighted by Gasteiger charge is 2.19. The Hall–Kier alpha value is -3.76. The molecule has 0 aliphatic heterocycles. The maximum absolute atomic E-state index is 9.71. The first-order chi connectivity index (χ1) is 15.3. The molecule has 1 unspecified atom stereocenters. The topological polar surface area (TPSA) is 65.7 Å². The lowest BCUT2D eigenvalue weighted by atomic mass is 9.85. The Kier molecular flexibility index (Phi) is 6.50. The highest BCUT2D eigenvalue weighted by Crippen LogP contribution is 2.31. The molecule has 1 atom stereocenters. The van der Waals surface area contributed by atoms with E-state index in [1.807, 2.05) is 54.6 Å². The molecule has 0 aliphatic rings. The molecular formula is C27H24N2O2. The van der Waals surface area contributed by atoms with Crippen molar-refractivity contribution in [2.45, 2.75) is 18.9 Å². The summed E-state index contributed by atoms with van der Waals surface area (Å²) in [5.41, 5.74) is 6.92. The number of aliphatic hydroxyl groups excluding tert-OH is 1. The van der Waals surface area contributed by atoms with Gasteiger partial charge in [0, 0.05) is 30.3 Å². The predicted octanol–water partition coefficient (Wildman–Crippen LogP) is 5.64. The van der Waals surface area contributed by atoms with Crippen molar-refractivity contribution >= 4 is 5.71 Å². The lowest BCUT2D eigenvalue weighted by molar-refractivity contribution is 0.282. The van der Waals surface area contributed by atoms with Gasteiger partial charge in [-0.05, 0) is 39.9 Å². The van der Waals surface area contributed by atoms with Gasteiger partial charge < -0.3 is 10.3 Å². The predicted molar refractivity (Wildman–Crippen MR) is 123 cm³/mol. The van der Waals surface area contributed by atoms with E-state index in [0.717, 1.165) is 33.4 Å². The first-order valence-corrected chi connectivity index (χ1v) is 10.2. The van der Waals surface area contributed by atoms with Gasteiger partial charge in [-0.3, -0.25) is 4.98 Å². The quantitative estimate of drug-likeness (QED) is 0.236. The van der Waals surface area contributed by atoms with Gasteiger partial charge in [-0.1, -0.05) is 84.0 Å². The summed E-state index contributed by atoms with van der Waals surface area (Å²) in [5.74, 6) is 0.0473. The molecule has 3 aromatic carbocycles. The van der Waals surface area contributed by atoms with Gasteiger partial charge in [-0.2, -0.15) is 0 Å². The minimum atomic E-state index is 0.0458. The highest BCUT2D eigenvalue weighted by molar-refractivity contribution is 6.00. The van der Waals surface area contributed by atoms with E-state index in [4.69, 9.17) is 0 Å². The zero-order valence-electron chi connectivity index (χ0n) is 17.1. The second-order valence-electron chi connectivity index (χ2n) is 7.43. The van der Waals surface area contributed by atoms with Crippen molar-refractivity contribution in [2.24, 2.45) is 5.16 Å². The van der Waals surface area contributed by atoms with Crippen molar-refractivity contribution < 1.29 is 10.3 Å². The van der Waals surface area contributed by atoms with Crippen molar-refractivity contribution in [3.05, 3.63) is 126 Å². The van der Waals surface area contributed by atoms with Crippen LogP contribution in [0.2, 0.25) is 0 Å². The summed E-state index contributed by atoms with van der Waals surface area (Å²) in [5, 5.41) is 22.6. The summed E-state index contributed by atoms with van der Waals surface area (Å²) in [6.45, 7) is 0.0458. The summed E-state index contributed by atoms with van der Waals surface area (Å²) in [7, 11) is 0. The SMILES string of the molecule is OCc1ccc(-c2ccc(C(CC(=NO)c3ccncc3)c3ccccc3)cc2)cc1. The fraction of sp³-hybridized carbons (Fsp3) is 0.111. The molecule has 0 bridgehead atoms. The lowest BCUT2D eigenvalue weighted by Crippen LogP contribution is -2.10. The number of nitrogens with zero attached hydrogens (tertiary/aromatic N) is 2. The molecule has 0 fully saturated rings. The van der Waals surface area contributed by atoms with Gasteiger partial charge in [0.2, 0.25) is 0 Å². The number of rotatable bonds is 7. The largest absolute Gasteiger partial charge is 0.411 e. The number of hydrogen-bond acceptors (Lipinski definition) is 4. The third-order valence-corrected chi connectivity index (χ3v) is 5.52. The molecule has 0 saturated heterocycles. The average Bonchev–Trinajstić information content (AvgIpc) is 2.86. The molecule has 4 rings (SSSR count). The molecule has 4 nitrogen and oxygen atoms in total. The monoisotopic (exact) mass is 408 g/mol. The third-order valence-electron chi connectivity index (χ3n) is 5.52. The van der Waals surface area contributed by atoms with Crippen molar-refractivity contribution in [1.82, 2.24) is 4.98 Å². The summed E-state index contributed by atoms with van der Waals surface area (Å²) in [6, 6.07) is 30.4. The van der Waals surface area contributed by atoms with Gasteiger partial charge in [0.25, 0.3) is 0 Å². The van der Waals surface area contributed by atoms with E-state index < -0.39 is 0 Å². The van der Waals surface area contributed by atoms with Crippen molar-refractivity contribution in [3.63, 3.8) is 0 Å². The summed E-state index contributed by atoms with van der Waals surface area (Å²) in [6.07, 6.45) is 3.97. The molecule has 0 amide bonds. The molecule has 0 saturated carbocycles. The fourth-order valence-electron chi connectivity index (χ4n) is 3.78. The van der Waals surface area contributed by atoms with Crippen LogP contribution in [-0.4, -0.2) is 21.0 Å². The molecular weight excluding hydrogens is 384 g/mol. The maximum Gasteiger partial charge on any atom is 0.0878 e. The first kappa shape index (κ1) is 20.5. The van der Waals surface area contributed by atoms with E-state index in [9.17, 15) is 10.3 Å². The molecule has 0 radical (unpaired) electrons. The second-order valence-corrected chi connectivity index (χ2v) is 7.43. The van der Waals surface area contributed by atoms with Gasteiger partial charge in [0.1, 0.15) is 0 Å². The Labute approximate surface area is 182 Å². The van der Waals surface area contributed by atoms with E-state index >= 15 is 0 Å². The lowest BCUT2D eigenvalue weighted by Gasteiger charge is -2.19. The first-order valence-electron chi connectivity index (χ1n) is 10.2. The van der Waals surface area contributed by atoms with Gasteiger partial charge in [-0.25, -0.2) is 0 Å². The Morgan fingerprint density at radius 1 is 0.742 bits per heavy atom. The average molecular weight is 409 g/mol. The molecule has 31 heavy (non-hydrogen) atoms. The van der Waals surface area contributed by atoms with Crippen LogP contribution < -0.4 is 0 Å². The molecule has 1 heterocycles. The Morgan fingerprint density at radius 3 is 1.90 bits per heavy atom. The fourth-order valence-corrected chi connectivity index (χ4v) is 3.78. The van der Waals surface area contributed by atoms with Crippen molar-refractivity contribution in [3.8, 4) is 11.1 Å².